The van der Waals surface area contributed by atoms with Gasteiger partial charge in [-0.2, -0.15) is 0 Å². The molecule has 3 nitrogen and oxygen atoms in total. The number of hydrogen-bond acceptors (Lipinski definition) is 2. The lowest BCUT2D eigenvalue weighted by atomic mass is 9.61. The van der Waals surface area contributed by atoms with Gasteiger partial charge in [0.15, 0.2) is 0 Å². The first-order valence-corrected chi connectivity index (χ1v) is 6.72. The zero-order valence-corrected chi connectivity index (χ0v) is 12.2. The average molecular weight is 240 g/mol. The molecule has 2 N–H and O–H groups in total. The summed E-state index contributed by atoms with van der Waals surface area (Å²) in [5, 5.41) is 0. The van der Waals surface area contributed by atoms with E-state index in [0.717, 1.165) is 0 Å². The van der Waals surface area contributed by atoms with Gasteiger partial charge in [-0.15, -0.1) is 0 Å². The minimum Gasteiger partial charge on any atom is -0.291 e. The number of carbonyl (C=O) groups is 1. The molecule has 0 aromatic carbocycles. The zero-order valence-electron chi connectivity index (χ0n) is 12.2. The van der Waals surface area contributed by atoms with Gasteiger partial charge >= 0.3 is 0 Å². The Morgan fingerprint density at radius 1 is 1.12 bits per heavy atom. The van der Waals surface area contributed by atoms with Crippen LogP contribution in [0.3, 0.4) is 0 Å². The van der Waals surface area contributed by atoms with Crippen LogP contribution in [0.4, 0.5) is 0 Å². The molecule has 1 saturated carbocycles. The summed E-state index contributed by atoms with van der Waals surface area (Å²) in [5.41, 5.74) is 6.61. The second-order valence-electron chi connectivity index (χ2n) is 7.05. The summed E-state index contributed by atoms with van der Waals surface area (Å²) in [6.45, 7) is 13.0. The number of hydrazine groups is 1. The van der Waals surface area contributed by atoms with Gasteiger partial charge in [-0.3, -0.25) is 10.2 Å². The van der Waals surface area contributed by atoms with Gasteiger partial charge in [0, 0.05) is 12.0 Å². The van der Waals surface area contributed by atoms with Gasteiger partial charge in [0.25, 0.3) is 0 Å². The molecular weight excluding hydrogens is 212 g/mol. The highest BCUT2D eigenvalue weighted by Crippen LogP contribution is 2.45. The van der Waals surface area contributed by atoms with Gasteiger partial charge in [-0.1, -0.05) is 48.0 Å². The maximum absolute atomic E-state index is 11.6. The third-order valence-corrected chi connectivity index (χ3v) is 4.07. The molecule has 1 amide bonds. The van der Waals surface area contributed by atoms with Gasteiger partial charge in [-0.25, -0.2) is 5.43 Å². The first-order valence-electron chi connectivity index (χ1n) is 6.72. The SMILES string of the molecule is CC(C)C(=O)NNC1C(C)(C)CCCC1(C)C. The van der Waals surface area contributed by atoms with Crippen molar-refractivity contribution in [3.8, 4) is 0 Å². The number of hydrogen-bond donors (Lipinski definition) is 2. The fourth-order valence-electron chi connectivity index (χ4n) is 3.02. The second kappa shape index (κ2) is 4.97. The fraction of sp³-hybridized carbons (Fsp3) is 0.929. The Balaban J connectivity index is 2.67. The molecule has 0 saturated heterocycles. The van der Waals surface area contributed by atoms with E-state index in [2.05, 4.69) is 38.5 Å². The predicted molar refractivity (Wildman–Crippen MR) is 71.3 cm³/mol. The second-order valence-corrected chi connectivity index (χ2v) is 7.05. The third-order valence-electron chi connectivity index (χ3n) is 4.07. The van der Waals surface area contributed by atoms with Crippen molar-refractivity contribution in [3.63, 3.8) is 0 Å². The van der Waals surface area contributed by atoms with E-state index in [1.807, 2.05) is 13.8 Å². The Hall–Kier alpha value is -0.570. The van der Waals surface area contributed by atoms with Gasteiger partial charge < -0.3 is 0 Å². The number of nitrogens with one attached hydrogen (secondary N) is 2. The maximum Gasteiger partial charge on any atom is 0.236 e. The molecule has 0 aliphatic heterocycles. The van der Waals surface area contributed by atoms with E-state index in [9.17, 15) is 4.79 Å². The lowest BCUT2D eigenvalue weighted by Crippen LogP contribution is -2.59. The van der Waals surface area contributed by atoms with Crippen molar-refractivity contribution in [2.45, 2.75) is 66.8 Å². The van der Waals surface area contributed by atoms with Gasteiger partial charge in [-0.05, 0) is 23.7 Å². The zero-order chi connectivity index (χ0) is 13.3. The molecule has 0 heterocycles. The summed E-state index contributed by atoms with van der Waals surface area (Å²) in [6, 6.07) is 0.325. The summed E-state index contributed by atoms with van der Waals surface area (Å²) in [7, 11) is 0. The Morgan fingerprint density at radius 3 is 2.00 bits per heavy atom. The molecular formula is C14H28N2O. The topological polar surface area (TPSA) is 41.1 Å². The minimum absolute atomic E-state index is 0.0253. The molecule has 0 bridgehead atoms. The van der Waals surface area contributed by atoms with E-state index in [0.29, 0.717) is 6.04 Å². The van der Waals surface area contributed by atoms with E-state index in [1.165, 1.54) is 19.3 Å². The largest absolute Gasteiger partial charge is 0.291 e. The van der Waals surface area contributed by atoms with Crippen molar-refractivity contribution in [2.24, 2.45) is 16.7 Å². The monoisotopic (exact) mass is 240 g/mol. The van der Waals surface area contributed by atoms with Crippen LogP contribution in [0.5, 0.6) is 0 Å². The van der Waals surface area contributed by atoms with E-state index in [-0.39, 0.29) is 22.7 Å². The van der Waals surface area contributed by atoms with Crippen LogP contribution in [0, 0.1) is 16.7 Å². The maximum atomic E-state index is 11.6. The number of rotatable bonds is 3. The molecule has 3 heteroatoms. The predicted octanol–water partition coefficient (Wildman–Crippen LogP) is 2.87. The summed E-state index contributed by atoms with van der Waals surface area (Å²) in [4.78, 5) is 11.6. The molecule has 0 aromatic heterocycles. The standard InChI is InChI=1S/C14H28N2O/c1-10(2)11(17)15-16-12-13(3,4)8-7-9-14(12,5)6/h10,12,16H,7-9H2,1-6H3,(H,15,17). The van der Waals surface area contributed by atoms with Crippen LogP contribution in [0.1, 0.15) is 60.8 Å². The first kappa shape index (κ1) is 14.5. The summed E-state index contributed by atoms with van der Waals surface area (Å²) >= 11 is 0. The van der Waals surface area contributed by atoms with Crippen LogP contribution in [0.15, 0.2) is 0 Å². The molecule has 1 rings (SSSR count). The molecule has 17 heavy (non-hydrogen) atoms. The van der Waals surface area contributed by atoms with E-state index in [1.54, 1.807) is 0 Å². The van der Waals surface area contributed by atoms with Crippen molar-refractivity contribution in [1.29, 1.82) is 0 Å². The van der Waals surface area contributed by atoms with E-state index >= 15 is 0 Å². The summed E-state index contributed by atoms with van der Waals surface area (Å²) in [6.07, 6.45) is 3.70. The van der Waals surface area contributed by atoms with Crippen LogP contribution in [0.25, 0.3) is 0 Å². The quantitative estimate of drug-likeness (QED) is 0.745. The highest BCUT2D eigenvalue weighted by molar-refractivity contribution is 5.77. The molecule has 0 unspecified atom stereocenters. The Labute approximate surface area is 106 Å². The van der Waals surface area contributed by atoms with E-state index in [4.69, 9.17) is 0 Å². The van der Waals surface area contributed by atoms with Crippen molar-refractivity contribution in [1.82, 2.24) is 10.9 Å². The molecule has 0 spiro atoms. The van der Waals surface area contributed by atoms with Crippen molar-refractivity contribution >= 4 is 5.91 Å². The fourth-order valence-corrected chi connectivity index (χ4v) is 3.02. The van der Waals surface area contributed by atoms with Gasteiger partial charge in [0.2, 0.25) is 5.91 Å². The van der Waals surface area contributed by atoms with Crippen LogP contribution in [0.2, 0.25) is 0 Å². The van der Waals surface area contributed by atoms with Crippen LogP contribution in [-0.4, -0.2) is 11.9 Å². The van der Waals surface area contributed by atoms with Crippen molar-refractivity contribution in [2.75, 3.05) is 0 Å². The molecule has 1 aliphatic rings. The Morgan fingerprint density at radius 2 is 1.59 bits per heavy atom. The molecule has 1 aliphatic carbocycles. The summed E-state index contributed by atoms with van der Waals surface area (Å²) in [5.74, 6) is 0.0967. The lowest BCUT2D eigenvalue weighted by Gasteiger charge is -2.49. The molecule has 0 radical (unpaired) electrons. The summed E-state index contributed by atoms with van der Waals surface area (Å²) < 4.78 is 0. The molecule has 100 valence electrons. The van der Waals surface area contributed by atoms with Crippen LogP contribution >= 0.6 is 0 Å². The Bertz CT molecular complexity index is 266. The average Bonchev–Trinajstić information content (AvgIpc) is 2.14. The highest BCUT2D eigenvalue weighted by atomic mass is 16.2. The number of carbonyl (C=O) groups excluding carboxylic acids is 1. The van der Waals surface area contributed by atoms with Crippen LogP contribution in [-0.2, 0) is 4.79 Å². The van der Waals surface area contributed by atoms with E-state index < -0.39 is 0 Å². The molecule has 0 atom stereocenters. The van der Waals surface area contributed by atoms with Crippen LogP contribution < -0.4 is 10.9 Å². The normalized spacial score (nSPS) is 23.7. The third kappa shape index (κ3) is 3.44. The minimum atomic E-state index is 0.0253. The van der Waals surface area contributed by atoms with Crippen molar-refractivity contribution < 1.29 is 4.79 Å². The van der Waals surface area contributed by atoms with Gasteiger partial charge in [0.1, 0.15) is 0 Å². The Kier molecular flexibility index (Phi) is 4.23. The smallest absolute Gasteiger partial charge is 0.236 e. The number of amides is 1. The molecule has 1 fully saturated rings. The van der Waals surface area contributed by atoms with Gasteiger partial charge in [0.05, 0.1) is 0 Å². The first-order chi connectivity index (χ1) is 7.67. The molecule has 0 aromatic rings. The highest BCUT2D eigenvalue weighted by Gasteiger charge is 2.43. The lowest BCUT2D eigenvalue weighted by molar-refractivity contribution is -0.126. The van der Waals surface area contributed by atoms with Crippen molar-refractivity contribution in [3.05, 3.63) is 0 Å².